The fourth-order valence-corrected chi connectivity index (χ4v) is 5.40. The Hall–Kier alpha value is -2.97. The highest BCUT2D eigenvalue weighted by atomic mass is 35.5. The lowest BCUT2D eigenvalue weighted by Crippen LogP contribution is -2.31. The van der Waals surface area contributed by atoms with E-state index in [9.17, 15) is 4.79 Å². The zero-order valence-corrected chi connectivity index (χ0v) is 19.9. The fraction of sp³-hybridized carbons (Fsp3) is 0.292. The van der Waals surface area contributed by atoms with Gasteiger partial charge in [0.1, 0.15) is 6.04 Å². The molecule has 0 spiro atoms. The minimum Gasteiger partial charge on any atom is -0.493 e. The average Bonchev–Trinajstić information content (AvgIpc) is 3.24. The van der Waals surface area contributed by atoms with Crippen molar-refractivity contribution < 1.29 is 14.3 Å². The zero-order valence-electron chi connectivity index (χ0n) is 18.3. The Morgan fingerprint density at radius 2 is 1.97 bits per heavy atom. The Morgan fingerprint density at radius 1 is 1.15 bits per heavy atom. The number of methoxy groups -OCH3 is 2. The highest BCUT2D eigenvalue weighted by molar-refractivity contribution is 7.98. The summed E-state index contributed by atoms with van der Waals surface area (Å²) in [6.45, 7) is 0. The first-order chi connectivity index (χ1) is 16.1. The number of nitrogens with one attached hydrogen (secondary N) is 1. The van der Waals surface area contributed by atoms with E-state index < -0.39 is 0 Å². The van der Waals surface area contributed by atoms with E-state index in [0.29, 0.717) is 34.8 Å². The molecule has 3 aromatic rings. The minimum absolute atomic E-state index is 0.134. The monoisotopic (exact) mass is 482 g/mol. The maximum Gasteiger partial charge on any atom is 0.227 e. The van der Waals surface area contributed by atoms with E-state index in [4.69, 9.17) is 31.2 Å². The van der Waals surface area contributed by atoms with Gasteiger partial charge in [0.25, 0.3) is 0 Å². The topological polar surface area (TPSA) is 78.3 Å². The molecule has 170 valence electrons. The van der Waals surface area contributed by atoms with Crippen molar-refractivity contribution in [1.82, 2.24) is 14.8 Å². The molecule has 7 nitrogen and oxygen atoms in total. The molecule has 0 saturated carbocycles. The van der Waals surface area contributed by atoms with Gasteiger partial charge in [-0.15, -0.1) is 5.10 Å². The molecule has 1 aliphatic heterocycles. The van der Waals surface area contributed by atoms with Gasteiger partial charge in [-0.2, -0.15) is 4.98 Å². The van der Waals surface area contributed by atoms with Crippen molar-refractivity contribution in [2.45, 2.75) is 36.2 Å². The lowest BCUT2D eigenvalue weighted by atomic mass is 9.85. The van der Waals surface area contributed by atoms with Crippen molar-refractivity contribution in [3.63, 3.8) is 0 Å². The molecule has 0 saturated heterocycles. The van der Waals surface area contributed by atoms with Gasteiger partial charge in [-0.3, -0.25) is 4.79 Å². The van der Waals surface area contributed by atoms with Crippen LogP contribution in [0.3, 0.4) is 0 Å². The number of anilines is 1. The number of Topliss-reactive ketones (excluding diaryl/α,β-unsaturated/α-hetero) is 1. The standard InChI is InChI=1S/C24H23ClN4O3S/c1-31-19-11-10-14(12-20(19)32-2)22-21-17(8-5-9-18(21)30)26-23-27-24(28-29(22)23)33-13-15-6-3-4-7-16(15)25/h3-4,6-7,10-12,22H,5,8-9,13H2,1-2H3,(H,26,27,28)/t22-/m1/s1. The van der Waals surface area contributed by atoms with Crippen LogP contribution in [-0.2, 0) is 10.5 Å². The fourth-order valence-electron chi connectivity index (χ4n) is 4.29. The Bertz CT molecular complexity index is 1260. The normalized spacial score (nSPS) is 17.3. The van der Waals surface area contributed by atoms with Gasteiger partial charge in [-0.05, 0) is 42.2 Å². The van der Waals surface area contributed by atoms with Gasteiger partial charge in [0.2, 0.25) is 11.1 Å². The molecule has 0 amide bonds. The van der Waals surface area contributed by atoms with E-state index in [2.05, 4.69) is 5.32 Å². The Balaban J connectivity index is 1.54. The molecule has 0 radical (unpaired) electrons. The molecule has 33 heavy (non-hydrogen) atoms. The van der Waals surface area contributed by atoms with E-state index in [-0.39, 0.29) is 11.8 Å². The van der Waals surface area contributed by atoms with Crippen LogP contribution in [0.2, 0.25) is 5.02 Å². The van der Waals surface area contributed by atoms with E-state index in [1.165, 1.54) is 11.8 Å². The van der Waals surface area contributed by atoms with Gasteiger partial charge in [0, 0.05) is 28.5 Å². The quantitative estimate of drug-likeness (QED) is 0.480. The second kappa shape index (κ2) is 9.11. The largest absolute Gasteiger partial charge is 0.493 e. The van der Waals surface area contributed by atoms with Gasteiger partial charge in [-0.1, -0.05) is 47.6 Å². The number of fused-ring (bicyclic) bond motifs is 1. The Labute approximate surface area is 201 Å². The van der Waals surface area contributed by atoms with Crippen molar-refractivity contribution >= 4 is 35.1 Å². The van der Waals surface area contributed by atoms with Crippen LogP contribution in [0.1, 0.15) is 36.4 Å². The molecule has 2 aliphatic rings. The first-order valence-electron chi connectivity index (χ1n) is 10.7. The molecule has 1 N–H and O–H groups in total. The number of allylic oxidation sites excluding steroid dienone is 2. The predicted molar refractivity (Wildman–Crippen MR) is 128 cm³/mol. The number of thioether (sulfide) groups is 1. The lowest BCUT2D eigenvalue weighted by molar-refractivity contribution is -0.116. The summed E-state index contributed by atoms with van der Waals surface area (Å²) >= 11 is 7.82. The van der Waals surface area contributed by atoms with Gasteiger partial charge in [0.15, 0.2) is 17.3 Å². The van der Waals surface area contributed by atoms with Crippen molar-refractivity contribution in [1.29, 1.82) is 0 Å². The maximum absolute atomic E-state index is 13.0. The number of nitrogens with zero attached hydrogens (tertiary/aromatic N) is 3. The predicted octanol–water partition coefficient (Wildman–Crippen LogP) is 5.26. The Morgan fingerprint density at radius 3 is 2.76 bits per heavy atom. The maximum atomic E-state index is 13.0. The van der Waals surface area contributed by atoms with Crippen LogP contribution in [-0.4, -0.2) is 34.8 Å². The van der Waals surface area contributed by atoms with Crippen molar-refractivity contribution in [2.75, 3.05) is 19.5 Å². The van der Waals surface area contributed by atoms with E-state index in [1.807, 2.05) is 42.5 Å². The van der Waals surface area contributed by atoms with Crippen molar-refractivity contribution in [3.05, 3.63) is 69.9 Å². The SMILES string of the molecule is COc1ccc([C@@H]2C3=C(CCCC3=O)Nc3nc(SCc4ccccc4Cl)nn32)cc1OC. The number of hydrogen-bond donors (Lipinski definition) is 1. The number of carbonyl (C=O) groups excluding carboxylic acids is 1. The first-order valence-corrected chi connectivity index (χ1v) is 12.0. The summed E-state index contributed by atoms with van der Waals surface area (Å²) in [6.07, 6.45) is 2.16. The number of carbonyl (C=O) groups is 1. The summed E-state index contributed by atoms with van der Waals surface area (Å²) < 4.78 is 12.7. The second-order valence-corrected chi connectivity index (χ2v) is 9.20. The van der Waals surface area contributed by atoms with Crippen LogP contribution in [0.5, 0.6) is 11.5 Å². The molecule has 1 atom stereocenters. The third-order valence-electron chi connectivity index (χ3n) is 5.89. The molecule has 0 unspecified atom stereocenters. The summed E-state index contributed by atoms with van der Waals surface area (Å²) in [4.78, 5) is 17.7. The summed E-state index contributed by atoms with van der Waals surface area (Å²) in [5.74, 6) is 2.65. The number of halogens is 1. The van der Waals surface area contributed by atoms with Gasteiger partial charge in [0.05, 0.1) is 14.2 Å². The smallest absolute Gasteiger partial charge is 0.227 e. The molecule has 0 bridgehead atoms. The van der Waals surface area contributed by atoms with Crippen LogP contribution in [0.15, 0.2) is 58.9 Å². The number of benzene rings is 2. The van der Waals surface area contributed by atoms with Crippen molar-refractivity contribution in [3.8, 4) is 11.5 Å². The number of ketones is 1. The lowest BCUT2D eigenvalue weighted by Gasteiger charge is -2.32. The average molecular weight is 483 g/mol. The van der Waals surface area contributed by atoms with Crippen molar-refractivity contribution in [2.24, 2.45) is 0 Å². The van der Waals surface area contributed by atoms with Crippen LogP contribution >= 0.6 is 23.4 Å². The number of aromatic nitrogens is 3. The van der Waals surface area contributed by atoms with Gasteiger partial charge >= 0.3 is 0 Å². The molecule has 2 heterocycles. The summed E-state index contributed by atoms with van der Waals surface area (Å²) in [7, 11) is 3.20. The third-order valence-corrected chi connectivity index (χ3v) is 7.14. The van der Waals surface area contributed by atoms with E-state index >= 15 is 0 Å². The number of ether oxygens (including phenoxy) is 2. The van der Waals surface area contributed by atoms with Crippen LogP contribution < -0.4 is 14.8 Å². The number of hydrogen-bond acceptors (Lipinski definition) is 7. The van der Waals surface area contributed by atoms with Crippen LogP contribution in [0.25, 0.3) is 0 Å². The molecule has 1 aromatic heterocycles. The second-order valence-electron chi connectivity index (χ2n) is 7.85. The molecule has 5 rings (SSSR count). The summed E-state index contributed by atoms with van der Waals surface area (Å²) in [5, 5.41) is 9.49. The van der Waals surface area contributed by atoms with E-state index in [0.717, 1.165) is 40.3 Å². The van der Waals surface area contributed by atoms with Crippen LogP contribution in [0.4, 0.5) is 5.95 Å². The zero-order chi connectivity index (χ0) is 22.9. The van der Waals surface area contributed by atoms with Gasteiger partial charge < -0.3 is 14.8 Å². The molecular formula is C24H23ClN4O3S. The molecule has 2 aromatic carbocycles. The molecule has 0 fully saturated rings. The molecule has 9 heteroatoms. The summed E-state index contributed by atoms with van der Waals surface area (Å²) in [6, 6.07) is 13.1. The molecule has 1 aliphatic carbocycles. The Kier molecular flexibility index (Phi) is 6.03. The third kappa shape index (κ3) is 4.09. The first kappa shape index (κ1) is 21.9. The minimum atomic E-state index is -0.383. The number of rotatable bonds is 6. The van der Waals surface area contributed by atoms with Crippen LogP contribution in [0, 0.1) is 0 Å². The van der Waals surface area contributed by atoms with E-state index in [1.54, 1.807) is 18.9 Å². The highest BCUT2D eigenvalue weighted by Gasteiger charge is 2.37. The van der Waals surface area contributed by atoms with Gasteiger partial charge in [-0.25, -0.2) is 4.68 Å². The molecular weight excluding hydrogens is 460 g/mol. The summed E-state index contributed by atoms with van der Waals surface area (Å²) in [5.41, 5.74) is 3.58. The highest BCUT2D eigenvalue weighted by Crippen LogP contribution is 2.42.